The van der Waals surface area contributed by atoms with E-state index in [9.17, 15) is 9.59 Å². The number of hydrogen-bond acceptors (Lipinski definition) is 4. The maximum absolute atomic E-state index is 13.0. The quantitative estimate of drug-likeness (QED) is 0.712. The van der Waals surface area contributed by atoms with E-state index >= 15 is 0 Å². The first-order valence-electron chi connectivity index (χ1n) is 9.52. The number of rotatable bonds is 3. The average Bonchev–Trinajstić information content (AvgIpc) is 3.06. The lowest BCUT2D eigenvalue weighted by molar-refractivity contribution is 0.458. The molecule has 3 heterocycles. The lowest BCUT2D eigenvalue weighted by Gasteiger charge is -2.33. The number of aromatic nitrogens is 4. The zero-order valence-electron chi connectivity index (χ0n) is 16.3. The van der Waals surface area contributed by atoms with E-state index in [1.165, 1.54) is 14.7 Å². The van der Waals surface area contributed by atoms with Gasteiger partial charge in [0.05, 0.1) is 0 Å². The molecule has 0 bridgehead atoms. The Kier molecular flexibility index (Phi) is 4.17. The summed E-state index contributed by atoms with van der Waals surface area (Å²) in [5, 5.41) is 0. The highest BCUT2D eigenvalue weighted by molar-refractivity contribution is 5.77. The van der Waals surface area contributed by atoms with Crippen molar-refractivity contribution >= 4 is 22.8 Å². The number of imidazole rings is 1. The molecule has 1 atom stereocenters. The lowest BCUT2D eigenvalue weighted by Crippen LogP contribution is -2.40. The van der Waals surface area contributed by atoms with Crippen molar-refractivity contribution in [3.8, 4) is 0 Å². The molecule has 7 heteroatoms. The van der Waals surface area contributed by atoms with Crippen molar-refractivity contribution in [2.75, 3.05) is 11.4 Å². The first-order chi connectivity index (χ1) is 13.0. The van der Waals surface area contributed by atoms with Crippen LogP contribution < -0.4 is 16.1 Å². The Morgan fingerprint density at radius 3 is 2.44 bits per heavy atom. The molecule has 1 aromatic carbocycles. The van der Waals surface area contributed by atoms with Crippen LogP contribution in [-0.4, -0.2) is 25.2 Å². The van der Waals surface area contributed by atoms with Crippen LogP contribution in [0.4, 0.5) is 11.6 Å². The summed E-state index contributed by atoms with van der Waals surface area (Å²) in [5.74, 6) is 1.08. The fraction of sp³-hybridized carbons (Fsp3) is 0.450. The summed E-state index contributed by atoms with van der Waals surface area (Å²) in [6, 6.07) is 8.46. The second-order valence-electron chi connectivity index (χ2n) is 7.32. The number of fused-ring (bicyclic) bond motifs is 3. The van der Waals surface area contributed by atoms with Gasteiger partial charge >= 0.3 is 5.69 Å². The highest BCUT2D eigenvalue weighted by Crippen LogP contribution is 2.32. The third-order valence-electron chi connectivity index (χ3n) is 5.41. The molecule has 0 unspecified atom stereocenters. The Labute approximate surface area is 157 Å². The lowest BCUT2D eigenvalue weighted by atomic mass is 10.1. The van der Waals surface area contributed by atoms with E-state index in [1.807, 2.05) is 11.5 Å². The smallest absolute Gasteiger partial charge is 0.312 e. The molecule has 0 radical (unpaired) electrons. The number of benzene rings is 1. The first-order valence-corrected chi connectivity index (χ1v) is 9.52. The minimum absolute atomic E-state index is 0.260. The van der Waals surface area contributed by atoms with Gasteiger partial charge in [-0.05, 0) is 37.0 Å². The van der Waals surface area contributed by atoms with E-state index in [1.54, 1.807) is 7.05 Å². The highest BCUT2D eigenvalue weighted by Gasteiger charge is 2.29. The summed E-state index contributed by atoms with van der Waals surface area (Å²) in [6.07, 6.45) is 0.994. The zero-order chi connectivity index (χ0) is 19.3. The van der Waals surface area contributed by atoms with Crippen LogP contribution in [0.5, 0.6) is 0 Å². The highest BCUT2D eigenvalue weighted by atomic mass is 16.2. The number of hydrogen-bond donors (Lipinski definition) is 0. The zero-order valence-corrected chi connectivity index (χ0v) is 16.3. The van der Waals surface area contributed by atoms with Gasteiger partial charge in [0.15, 0.2) is 11.2 Å². The van der Waals surface area contributed by atoms with Crippen molar-refractivity contribution in [3.05, 3.63) is 50.7 Å². The van der Waals surface area contributed by atoms with Crippen LogP contribution in [0.15, 0.2) is 33.9 Å². The van der Waals surface area contributed by atoms with E-state index in [4.69, 9.17) is 4.98 Å². The van der Waals surface area contributed by atoms with E-state index in [0.717, 1.165) is 24.6 Å². The molecule has 0 saturated heterocycles. The van der Waals surface area contributed by atoms with Gasteiger partial charge in [-0.15, -0.1) is 0 Å². The molecule has 0 aliphatic carbocycles. The molecule has 1 aliphatic rings. The van der Waals surface area contributed by atoms with Gasteiger partial charge in [0.25, 0.3) is 5.56 Å². The van der Waals surface area contributed by atoms with Crippen molar-refractivity contribution in [2.45, 2.75) is 40.3 Å². The molecular formula is C20H25N5O2. The minimum Gasteiger partial charge on any atom is -0.312 e. The molecule has 27 heavy (non-hydrogen) atoms. The maximum atomic E-state index is 13.0. The fourth-order valence-electron chi connectivity index (χ4n) is 3.91. The number of nitrogens with zero attached hydrogens (tertiary/aromatic N) is 5. The second kappa shape index (κ2) is 6.40. The van der Waals surface area contributed by atoms with Gasteiger partial charge < -0.3 is 9.47 Å². The van der Waals surface area contributed by atoms with Gasteiger partial charge in [0.2, 0.25) is 5.95 Å². The largest absolute Gasteiger partial charge is 0.332 e. The Bertz CT molecular complexity index is 1120. The van der Waals surface area contributed by atoms with Crippen LogP contribution in [0.25, 0.3) is 11.2 Å². The predicted octanol–water partition coefficient (Wildman–Crippen LogP) is 2.27. The predicted molar refractivity (Wildman–Crippen MR) is 107 cm³/mol. The van der Waals surface area contributed by atoms with Gasteiger partial charge in [0.1, 0.15) is 0 Å². The molecule has 0 fully saturated rings. The van der Waals surface area contributed by atoms with E-state index in [2.05, 4.69) is 43.0 Å². The third kappa shape index (κ3) is 2.60. The monoisotopic (exact) mass is 367 g/mol. The van der Waals surface area contributed by atoms with Crippen LogP contribution >= 0.6 is 0 Å². The van der Waals surface area contributed by atoms with E-state index < -0.39 is 0 Å². The average molecular weight is 367 g/mol. The molecule has 0 N–H and O–H groups in total. The molecule has 7 nitrogen and oxygen atoms in total. The van der Waals surface area contributed by atoms with E-state index in [0.29, 0.717) is 30.2 Å². The number of aryl methyl sites for hydroxylation is 2. The molecule has 0 amide bonds. The molecule has 3 aromatic rings. The Morgan fingerprint density at radius 1 is 1.11 bits per heavy atom. The van der Waals surface area contributed by atoms with Crippen molar-refractivity contribution in [3.63, 3.8) is 0 Å². The summed E-state index contributed by atoms with van der Waals surface area (Å²) in [5.41, 5.74) is 2.72. The topological polar surface area (TPSA) is 65.1 Å². The van der Waals surface area contributed by atoms with Crippen LogP contribution in [0, 0.1) is 5.92 Å². The normalized spacial score (nSPS) is 16.7. The number of anilines is 2. The van der Waals surface area contributed by atoms with Crippen LogP contribution in [0.2, 0.25) is 0 Å². The van der Waals surface area contributed by atoms with Crippen LogP contribution in [0.3, 0.4) is 0 Å². The molecule has 4 rings (SSSR count). The van der Waals surface area contributed by atoms with Gasteiger partial charge in [0, 0.05) is 32.4 Å². The summed E-state index contributed by atoms with van der Waals surface area (Å²) in [6.45, 7) is 8.00. The Hall–Kier alpha value is -2.83. The van der Waals surface area contributed by atoms with Crippen molar-refractivity contribution in [1.29, 1.82) is 0 Å². The Morgan fingerprint density at radius 2 is 1.81 bits per heavy atom. The molecule has 1 aliphatic heterocycles. The summed E-state index contributed by atoms with van der Waals surface area (Å²) >= 11 is 0. The van der Waals surface area contributed by atoms with Gasteiger partial charge in [-0.1, -0.05) is 26.0 Å². The van der Waals surface area contributed by atoms with Crippen LogP contribution in [-0.2, 0) is 26.6 Å². The van der Waals surface area contributed by atoms with Gasteiger partial charge in [-0.3, -0.25) is 13.9 Å². The maximum Gasteiger partial charge on any atom is 0.332 e. The van der Waals surface area contributed by atoms with Crippen molar-refractivity contribution < 1.29 is 0 Å². The minimum atomic E-state index is -0.322. The fourth-order valence-corrected chi connectivity index (χ4v) is 3.91. The van der Waals surface area contributed by atoms with Crippen molar-refractivity contribution in [1.82, 2.24) is 18.7 Å². The Balaban J connectivity index is 1.98. The van der Waals surface area contributed by atoms with E-state index in [-0.39, 0.29) is 11.2 Å². The first kappa shape index (κ1) is 17.6. The standard InChI is InChI=1S/C20H25N5O2/c1-5-14-7-9-15(10-8-14)24-11-13(3)12-25-16-17(21-19(24)25)22(4)20(27)23(6-2)18(16)26/h7-10,13H,5-6,11-12H2,1-4H3/t13-/m0/s1. The molecule has 2 aromatic heterocycles. The van der Waals surface area contributed by atoms with Gasteiger partial charge in [-0.25, -0.2) is 4.79 Å². The second-order valence-corrected chi connectivity index (χ2v) is 7.32. The molecule has 0 spiro atoms. The summed E-state index contributed by atoms with van der Waals surface area (Å²) in [7, 11) is 1.68. The summed E-state index contributed by atoms with van der Waals surface area (Å²) in [4.78, 5) is 32.3. The molecule has 0 saturated carbocycles. The van der Waals surface area contributed by atoms with Gasteiger partial charge in [-0.2, -0.15) is 4.98 Å². The molecular weight excluding hydrogens is 342 g/mol. The summed E-state index contributed by atoms with van der Waals surface area (Å²) < 4.78 is 4.73. The SMILES string of the molecule is CCc1ccc(N2C[C@H](C)Cn3c2nc2c3c(=O)n(CC)c(=O)n2C)cc1. The van der Waals surface area contributed by atoms with Crippen LogP contribution in [0.1, 0.15) is 26.3 Å². The molecule has 142 valence electrons. The third-order valence-corrected chi connectivity index (χ3v) is 5.41. The van der Waals surface area contributed by atoms with Crippen molar-refractivity contribution in [2.24, 2.45) is 13.0 Å².